The number of ether oxygens (including phenoxy) is 2. The van der Waals surface area contributed by atoms with Crippen LogP contribution in [0.25, 0.3) is 0 Å². The normalized spacial score (nSPS) is 10.4. The highest BCUT2D eigenvalue weighted by molar-refractivity contribution is 6.31. The van der Waals surface area contributed by atoms with E-state index in [1.54, 1.807) is 18.2 Å². The third-order valence-electron chi connectivity index (χ3n) is 3.31. The van der Waals surface area contributed by atoms with Crippen molar-refractivity contribution >= 4 is 28.8 Å². The molecule has 25 heavy (non-hydrogen) atoms. The van der Waals surface area contributed by atoms with E-state index in [0.717, 1.165) is 0 Å². The highest BCUT2D eigenvalue weighted by Crippen LogP contribution is 2.35. The van der Waals surface area contributed by atoms with E-state index in [1.165, 1.54) is 31.6 Å². The fourth-order valence-electron chi connectivity index (χ4n) is 2.08. The molecule has 0 spiro atoms. The van der Waals surface area contributed by atoms with Gasteiger partial charge >= 0.3 is 0 Å². The Hall–Kier alpha value is -3.06. The van der Waals surface area contributed by atoms with E-state index in [-0.39, 0.29) is 16.6 Å². The van der Waals surface area contributed by atoms with Crippen LogP contribution in [0.1, 0.15) is 0 Å². The second kappa shape index (κ2) is 7.23. The first kappa shape index (κ1) is 16.8. The molecule has 0 fully saturated rings. The number of anilines is 3. The van der Waals surface area contributed by atoms with Gasteiger partial charge in [0.2, 0.25) is 5.88 Å². The molecule has 3 aromatic rings. The molecule has 128 valence electrons. The van der Waals surface area contributed by atoms with Gasteiger partial charge < -0.3 is 20.5 Å². The zero-order chi connectivity index (χ0) is 17.8. The van der Waals surface area contributed by atoms with E-state index in [1.807, 2.05) is 6.07 Å². The summed E-state index contributed by atoms with van der Waals surface area (Å²) in [4.78, 5) is 8.12. The van der Waals surface area contributed by atoms with Crippen LogP contribution in [0, 0.1) is 5.82 Å². The number of nitrogens with two attached hydrogens (primary N) is 1. The van der Waals surface area contributed by atoms with E-state index >= 15 is 0 Å². The number of aromatic nitrogens is 2. The lowest BCUT2D eigenvalue weighted by molar-refractivity contribution is 0.374. The number of nitrogens with zero attached hydrogens (tertiary/aromatic N) is 2. The Balaban J connectivity index is 1.88. The van der Waals surface area contributed by atoms with Gasteiger partial charge in [-0.2, -0.15) is 4.98 Å². The highest BCUT2D eigenvalue weighted by Gasteiger charge is 2.13. The standard InChI is InChI=1S/C17H14ClFN4O2/c1-24-13-4-2-3-5-14(13)25-17-15(20)16(21-9-22-17)23-10-6-7-12(19)11(18)8-10/h2-9H,20H2,1H3,(H,21,22,23). The van der Waals surface area contributed by atoms with Crippen LogP contribution >= 0.6 is 11.6 Å². The Kier molecular flexibility index (Phi) is 4.85. The van der Waals surface area contributed by atoms with Gasteiger partial charge in [-0.25, -0.2) is 9.37 Å². The topological polar surface area (TPSA) is 82.3 Å². The van der Waals surface area contributed by atoms with Gasteiger partial charge in [0.1, 0.15) is 17.8 Å². The van der Waals surface area contributed by atoms with Crippen LogP contribution in [-0.2, 0) is 0 Å². The van der Waals surface area contributed by atoms with Crippen molar-refractivity contribution in [2.24, 2.45) is 0 Å². The molecule has 0 aliphatic carbocycles. The van der Waals surface area contributed by atoms with Gasteiger partial charge in [0.25, 0.3) is 0 Å². The monoisotopic (exact) mass is 360 g/mol. The number of halogens is 2. The van der Waals surface area contributed by atoms with E-state index in [4.69, 9.17) is 26.8 Å². The largest absolute Gasteiger partial charge is 0.493 e. The Morgan fingerprint density at radius 3 is 2.60 bits per heavy atom. The summed E-state index contributed by atoms with van der Waals surface area (Å²) in [7, 11) is 1.54. The van der Waals surface area contributed by atoms with Gasteiger partial charge in [0.15, 0.2) is 17.3 Å². The van der Waals surface area contributed by atoms with Gasteiger partial charge in [0, 0.05) is 5.69 Å². The molecule has 0 saturated carbocycles. The fraction of sp³-hybridized carbons (Fsp3) is 0.0588. The minimum Gasteiger partial charge on any atom is -0.493 e. The number of hydrogen-bond donors (Lipinski definition) is 2. The zero-order valence-electron chi connectivity index (χ0n) is 13.2. The molecule has 2 aromatic carbocycles. The van der Waals surface area contributed by atoms with Crippen molar-refractivity contribution in [3.05, 3.63) is 59.6 Å². The third kappa shape index (κ3) is 3.72. The van der Waals surface area contributed by atoms with E-state index in [9.17, 15) is 4.39 Å². The smallest absolute Gasteiger partial charge is 0.248 e. The lowest BCUT2D eigenvalue weighted by atomic mass is 10.3. The molecule has 1 heterocycles. The number of rotatable bonds is 5. The Morgan fingerprint density at radius 2 is 1.88 bits per heavy atom. The molecule has 0 atom stereocenters. The number of benzene rings is 2. The van der Waals surface area contributed by atoms with Crippen LogP contribution in [0.4, 0.5) is 21.6 Å². The maximum Gasteiger partial charge on any atom is 0.248 e. The summed E-state index contributed by atoms with van der Waals surface area (Å²) in [5, 5.41) is 2.95. The molecule has 0 unspecified atom stereocenters. The first-order valence-corrected chi connectivity index (χ1v) is 7.59. The summed E-state index contributed by atoms with van der Waals surface area (Å²) in [5.41, 5.74) is 6.79. The van der Waals surface area contributed by atoms with Crippen molar-refractivity contribution in [2.45, 2.75) is 0 Å². The third-order valence-corrected chi connectivity index (χ3v) is 3.60. The minimum absolute atomic E-state index is 0.0110. The Bertz CT molecular complexity index is 908. The van der Waals surface area contributed by atoms with E-state index in [2.05, 4.69) is 15.3 Å². The molecule has 8 heteroatoms. The van der Waals surface area contributed by atoms with Crippen LogP contribution in [0.3, 0.4) is 0 Å². The van der Waals surface area contributed by atoms with Gasteiger partial charge in [-0.15, -0.1) is 0 Å². The summed E-state index contributed by atoms with van der Waals surface area (Å²) in [6.45, 7) is 0. The summed E-state index contributed by atoms with van der Waals surface area (Å²) >= 11 is 5.77. The molecule has 3 N–H and O–H groups in total. The predicted octanol–water partition coefficient (Wildman–Crippen LogP) is 4.40. The summed E-state index contributed by atoms with van der Waals surface area (Å²) in [6, 6.07) is 11.3. The number of methoxy groups -OCH3 is 1. The molecule has 0 bridgehead atoms. The molecular formula is C17H14ClFN4O2. The van der Waals surface area contributed by atoms with Crippen LogP contribution in [0.15, 0.2) is 48.8 Å². The van der Waals surface area contributed by atoms with Gasteiger partial charge in [-0.3, -0.25) is 0 Å². The van der Waals surface area contributed by atoms with Gasteiger partial charge in [0.05, 0.1) is 12.1 Å². The second-order valence-corrected chi connectivity index (χ2v) is 5.36. The summed E-state index contributed by atoms with van der Waals surface area (Å²) in [5.74, 6) is 0.965. The quantitative estimate of drug-likeness (QED) is 0.702. The molecule has 0 aliphatic rings. The number of nitrogen functional groups attached to an aromatic ring is 1. The lowest BCUT2D eigenvalue weighted by Gasteiger charge is -2.13. The molecule has 0 saturated heterocycles. The zero-order valence-corrected chi connectivity index (χ0v) is 13.9. The van der Waals surface area contributed by atoms with Crippen LogP contribution in [-0.4, -0.2) is 17.1 Å². The summed E-state index contributed by atoms with van der Waals surface area (Å²) in [6.07, 6.45) is 1.30. The fourth-order valence-corrected chi connectivity index (χ4v) is 2.26. The van der Waals surface area contributed by atoms with Crippen molar-refractivity contribution in [3.8, 4) is 17.4 Å². The molecule has 6 nitrogen and oxygen atoms in total. The number of para-hydroxylation sites is 2. The van der Waals surface area contributed by atoms with Crippen molar-refractivity contribution < 1.29 is 13.9 Å². The van der Waals surface area contributed by atoms with Crippen molar-refractivity contribution in [1.29, 1.82) is 0 Å². The lowest BCUT2D eigenvalue weighted by Crippen LogP contribution is -2.03. The first-order valence-electron chi connectivity index (χ1n) is 7.22. The van der Waals surface area contributed by atoms with Gasteiger partial charge in [-0.05, 0) is 30.3 Å². The average Bonchev–Trinajstić information content (AvgIpc) is 2.62. The average molecular weight is 361 g/mol. The Morgan fingerprint density at radius 1 is 1.12 bits per heavy atom. The van der Waals surface area contributed by atoms with Crippen molar-refractivity contribution in [2.75, 3.05) is 18.2 Å². The maximum absolute atomic E-state index is 13.3. The Labute approximate surface area is 148 Å². The van der Waals surface area contributed by atoms with Crippen molar-refractivity contribution in [1.82, 2.24) is 9.97 Å². The van der Waals surface area contributed by atoms with Crippen LogP contribution in [0.5, 0.6) is 17.4 Å². The first-order chi connectivity index (χ1) is 12.1. The summed E-state index contributed by atoms with van der Waals surface area (Å²) < 4.78 is 24.2. The molecule has 3 rings (SSSR count). The molecule has 1 aromatic heterocycles. The van der Waals surface area contributed by atoms with Crippen LogP contribution < -0.4 is 20.5 Å². The molecule has 0 radical (unpaired) electrons. The van der Waals surface area contributed by atoms with Crippen molar-refractivity contribution in [3.63, 3.8) is 0 Å². The molecular weight excluding hydrogens is 347 g/mol. The molecule has 0 amide bonds. The predicted molar refractivity (Wildman–Crippen MR) is 94.2 cm³/mol. The minimum atomic E-state index is -0.511. The van der Waals surface area contributed by atoms with Crippen LogP contribution in [0.2, 0.25) is 5.02 Å². The molecule has 0 aliphatic heterocycles. The second-order valence-electron chi connectivity index (χ2n) is 4.95. The number of nitrogens with one attached hydrogen (secondary N) is 1. The van der Waals surface area contributed by atoms with E-state index in [0.29, 0.717) is 23.0 Å². The SMILES string of the molecule is COc1ccccc1Oc1ncnc(Nc2ccc(F)c(Cl)c2)c1N. The number of hydrogen-bond acceptors (Lipinski definition) is 6. The van der Waals surface area contributed by atoms with Gasteiger partial charge in [-0.1, -0.05) is 23.7 Å². The highest BCUT2D eigenvalue weighted by atomic mass is 35.5. The van der Waals surface area contributed by atoms with E-state index < -0.39 is 5.82 Å². The maximum atomic E-state index is 13.3.